The molecule has 1 heterocycles. The lowest BCUT2D eigenvalue weighted by Gasteiger charge is -2.28. The average molecular weight is 680 g/mol. The van der Waals surface area contributed by atoms with Crippen LogP contribution in [0.15, 0.2) is 42.6 Å². The van der Waals surface area contributed by atoms with E-state index in [2.05, 4.69) is 24.1 Å². The second-order valence-electron chi connectivity index (χ2n) is 11.0. The maximum Gasteiger partial charge on any atom is 0.320 e. The van der Waals surface area contributed by atoms with Gasteiger partial charge < -0.3 is 36.3 Å². The predicted molar refractivity (Wildman–Crippen MR) is 179 cm³/mol. The van der Waals surface area contributed by atoms with Gasteiger partial charge in [-0.3, -0.25) is 19.2 Å². The van der Waals surface area contributed by atoms with Crippen molar-refractivity contribution in [2.24, 2.45) is 5.73 Å². The van der Waals surface area contributed by atoms with Gasteiger partial charge in [-0.2, -0.15) is 0 Å². The van der Waals surface area contributed by atoms with Crippen LogP contribution in [0, 0.1) is 0 Å². The Morgan fingerprint density at radius 1 is 0.935 bits per heavy atom. The molecule has 0 aliphatic carbocycles. The summed E-state index contributed by atoms with van der Waals surface area (Å²) < 4.78 is 0. The number of hydrogen-bond donors (Lipinski definition) is 6. The number of aromatic hydroxyl groups is 1. The van der Waals surface area contributed by atoms with Gasteiger partial charge in [-0.1, -0.05) is 62.7 Å². The van der Waals surface area contributed by atoms with Gasteiger partial charge in [-0.25, -0.2) is 0 Å². The van der Waals surface area contributed by atoms with Gasteiger partial charge in [0.25, 0.3) is 5.91 Å². The molecule has 2 aromatic carbocycles. The van der Waals surface area contributed by atoms with E-state index in [0.717, 1.165) is 55.0 Å². The standard InChI is InChI=1S/C22H32Cl2N2O4.C11H12N2O3/c1-3-5-7-13-26(14-8-6-4-2)22(30)19(11-12-20(27)28)25-21(29)16-9-10-17(23)18(24)15-16;12-9(11(15)16)3-6-5-13-10-2-1-7(14)4-8(6)10/h9-10,15,19H,3-8,11-14H2,1-2H3,(H,25,29)(H,27,28);1-2,4-5,9,13-14H,3,12H2,(H,15,16)/t;9-/m.0/s1. The fourth-order valence-corrected chi connectivity index (χ4v) is 5.02. The number of rotatable bonds is 17. The van der Waals surface area contributed by atoms with Gasteiger partial charge >= 0.3 is 11.9 Å². The van der Waals surface area contributed by atoms with Crippen molar-refractivity contribution in [1.29, 1.82) is 0 Å². The van der Waals surface area contributed by atoms with Crippen LogP contribution in [0.1, 0.15) is 81.1 Å². The number of aromatic nitrogens is 1. The first kappa shape index (κ1) is 38.4. The molecule has 0 radical (unpaired) electrons. The maximum absolute atomic E-state index is 13.2. The van der Waals surface area contributed by atoms with Crippen molar-refractivity contribution < 1.29 is 34.5 Å². The summed E-state index contributed by atoms with van der Waals surface area (Å²) in [6, 6.07) is 7.51. The number of H-pyrrole nitrogens is 1. The fraction of sp³-hybridized carbons (Fsp3) is 0.455. The first-order valence-corrected chi connectivity index (χ1v) is 16.2. The normalized spacial score (nSPS) is 12.1. The molecule has 1 aromatic heterocycles. The van der Waals surface area contributed by atoms with Gasteiger partial charge in [0, 0.05) is 48.6 Å². The number of amides is 2. The molecule has 0 spiro atoms. The number of nitrogens with zero attached hydrogens (tertiary/aromatic N) is 1. The highest BCUT2D eigenvalue weighted by molar-refractivity contribution is 6.42. The topological polar surface area (TPSA) is 186 Å². The number of aromatic amines is 1. The zero-order valence-electron chi connectivity index (χ0n) is 26.2. The summed E-state index contributed by atoms with van der Waals surface area (Å²) in [7, 11) is 0. The molecule has 0 bridgehead atoms. The number of nitrogens with two attached hydrogens (primary N) is 1. The smallest absolute Gasteiger partial charge is 0.320 e. The van der Waals surface area contributed by atoms with Gasteiger partial charge in [0.05, 0.1) is 10.0 Å². The Hall–Kier alpha value is -3.80. The number of carboxylic acid groups (broad SMARTS) is 2. The summed E-state index contributed by atoms with van der Waals surface area (Å²) in [6.07, 6.45) is 7.60. The lowest BCUT2D eigenvalue weighted by molar-refractivity contribution is -0.139. The largest absolute Gasteiger partial charge is 0.508 e. The van der Waals surface area contributed by atoms with Crippen molar-refractivity contribution in [3.63, 3.8) is 0 Å². The number of fused-ring (bicyclic) bond motifs is 1. The van der Waals surface area contributed by atoms with Crippen molar-refractivity contribution in [3.8, 4) is 5.75 Å². The van der Waals surface area contributed by atoms with E-state index >= 15 is 0 Å². The lowest BCUT2D eigenvalue weighted by atomic mass is 10.1. The van der Waals surface area contributed by atoms with Crippen molar-refractivity contribution in [2.75, 3.05) is 13.1 Å². The quantitative estimate of drug-likeness (QED) is 0.0939. The number of benzene rings is 2. The summed E-state index contributed by atoms with van der Waals surface area (Å²) in [5.74, 6) is -2.62. The van der Waals surface area contributed by atoms with Crippen LogP contribution in [0.4, 0.5) is 0 Å². The second kappa shape index (κ2) is 19.7. The molecule has 46 heavy (non-hydrogen) atoms. The summed E-state index contributed by atoms with van der Waals surface area (Å²) in [6.45, 7) is 5.39. The highest BCUT2D eigenvalue weighted by Gasteiger charge is 2.27. The second-order valence-corrected chi connectivity index (χ2v) is 11.8. The van der Waals surface area contributed by atoms with Crippen molar-refractivity contribution in [1.82, 2.24) is 15.2 Å². The van der Waals surface area contributed by atoms with E-state index in [9.17, 15) is 24.3 Å². The molecule has 0 saturated heterocycles. The van der Waals surface area contributed by atoms with Crippen LogP contribution in [0.25, 0.3) is 10.9 Å². The molecule has 2 amide bonds. The van der Waals surface area contributed by atoms with E-state index < -0.39 is 29.9 Å². The number of halogens is 2. The number of phenols is 1. The Morgan fingerprint density at radius 3 is 2.15 bits per heavy atom. The first-order chi connectivity index (χ1) is 21.9. The zero-order chi connectivity index (χ0) is 34.2. The van der Waals surface area contributed by atoms with Crippen LogP contribution >= 0.6 is 23.2 Å². The number of hydrogen-bond acceptors (Lipinski definition) is 6. The summed E-state index contributed by atoms with van der Waals surface area (Å²) in [4.78, 5) is 52.4. The number of nitrogens with one attached hydrogen (secondary N) is 2. The highest BCUT2D eigenvalue weighted by atomic mass is 35.5. The van der Waals surface area contributed by atoms with E-state index in [1.807, 2.05) is 0 Å². The third-order valence-corrected chi connectivity index (χ3v) is 8.05. The Kier molecular flexibility index (Phi) is 16.4. The molecular weight excluding hydrogens is 635 g/mol. The summed E-state index contributed by atoms with van der Waals surface area (Å²) >= 11 is 11.9. The molecule has 13 heteroatoms. The van der Waals surface area contributed by atoms with Crippen molar-refractivity contribution in [3.05, 3.63) is 63.8 Å². The monoisotopic (exact) mass is 678 g/mol. The third-order valence-electron chi connectivity index (χ3n) is 7.31. The van der Waals surface area contributed by atoms with E-state index in [4.69, 9.17) is 39.1 Å². The minimum absolute atomic E-state index is 0.0271. The molecule has 0 aliphatic heterocycles. The van der Waals surface area contributed by atoms with Crippen LogP contribution in [0.5, 0.6) is 5.75 Å². The molecular formula is C33H44Cl2N4O7. The van der Waals surface area contributed by atoms with Crippen LogP contribution < -0.4 is 11.1 Å². The fourth-order valence-electron chi connectivity index (χ4n) is 4.72. The minimum atomic E-state index is -1.03. The Bertz CT molecular complexity index is 1450. The van der Waals surface area contributed by atoms with E-state index in [1.165, 1.54) is 18.2 Å². The molecule has 3 aromatic rings. The number of phenolic OH excluding ortho intramolecular Hbond substituents is 1. The van der Waals surface area contributed by atoms with Gasteiger partial charge in [-0.15, -0.1) is 0 Å². The van der Waals surface area contributed by atoms with Gasteiger partial charge in [0.15, 0.2) is 0 Å². The van der Waals surface area contributed by atoms with E-state index in [0.29, 0.717) is 18.1 Å². The molecule has 11 nitrogen and oxygen atoms in total. The van der Waals surface area contributed by atoms with Crippen LogP contribution in [0.2, 0.25) is 10.0 Å². The van der Waals surface area contributed by atoms with Crippen molar-refractivity contribution >= 4 is 57.9 Å². The Labute approximate surface area is 279 Å². The lowest BCUT2D eigenvalue weighted by Crippen LogP contribution is -2.49. The minimum Gasteiger partial charge on any atom is -0.508 e. The Morgan fingerprint density at radius 2 is 1.59 bits per heavy atom. The molecule has 0 fully saturated rings. The predicted octanol–water partition coefficient (Wildman–Crippen LogP) is 5.99. The SMILES string of the molecule is CCCCCN(CCCCC)C(=O)C(CCC(=O)O)NC(=O)c1ccc(Cl)c(Cl)c1.N[C@@H](Cc1c[nH]c2ccc(O)cc12)C(=O)O. The summed E-state index contributed by atoms with van der Waals surface area (Å²) in [5.41, 5.74) is 7.37. The molecule has 1 unspecified atom stereocenters. The van der Waals surface area contributed by atoms with Crippen molar-refractivity contribution in [2.45, 2.75) is 83.7 Å². The van der Waals surface area contributed by atoms with Gasteiger partial charge in [0.1, 0.15) is 17.8 Å². The molecule has 3 rings (SSSR count). The molecule has 7 N–H and O–H groups in total. The molecule has 2 atom stereocenters. The highest BCUT2D eigenvalue weighted by Crippen LogP contribution is 2.24. The van der Waals surface area contributed by atoms with E-state index in [-0.39, 0.29) is 41.5 Å². The van der Waals surface area contributed by atoms with Crippen LogP contribution in [-0.2, 0) is 20.8 Å². The van der Waals surface area contributed by atoms with Crippen LogP contribution in [-0.4, -0.2) is 74.1 Å². The third kappa shape index (κ3) is 12.5. The molecule has 0 saturated carbocycles. The van der Waals surface area contributed by atoms with Gasteiger partial charge in [-0.05, 0) is 61.2 Å². The maximum atomic E-state index is 13.2. The number of aliphatic carboxylic acids is 2. The number of carbonyl (C=O) groups is 4. The summed E-state index contributed by atoms with van der Waals surface area (Å²) in [5, 5.41) is 31.2. The van der Waals surface area contributed by atoms with Gasteiger partial charge in [0.2, 0.25) is 5.91 Å². The molecule has 0 aliphatic rings. The number of unbranched alkanes of at least 4 members (excludes halogenated alkanes) is 4. The van der Waals surface area contributed by atoms with E-state index in [1.54, 1.807) is 29.3 Å². The number of carbonyl (C=O) groups excluding carboxylic acids is 2. The Balaban J connectivity index is 0.000000383. The average Bonchev–Trinajstić information content (AvgIpc) is 3.41. The zero-order valence-corrected chi connectivity index (χ0v) is 27.7. The first-order valence-electron chi connectivity index (χ1n) is 15.4. The number of carboxylic acids is 2. The molecule has 252 valence electrons. The van der Waals surface area contributed by atoms with Crippen LogP contribution in [0.3, 0.4) is 0 Å².